The van der Waals surface area contributed by atoms with Crippen molar-refractivity contribution in [2.24, 2.45) is 0 Å². The molecule has 26 heavy (non-hydrogen) atoms. The first-order valence-corrected chi connectivity index (χ1v) is 8.29. The van der Waals surface area contributed by atoms with Crippen molar-refractivity contribution in [2.45, 2.75) is 0 Å². The molecular formula is C22H14O4. The number of benzene rings is 4. The van der Waals surface area contributed by atoms with E-state index in [0.717, 1.165) is 32.7 Å². The molecule has 0 amide bonds. The van der Waals surface area contributed by atoms with Crippen molar-refractivity contribution in [1.82, 2.24) is 0 Å². The van der Waals surface area contributed by atoms with Crippen LogP contribution in [0.1, 0.15) is 10.4 Å². The number of rotatable bonds is 2. The molecule has 5 rings (SSSR count). The van der Waals surface area contributed by atoms with Crippen LogP contribution in [-0.4, -0.2) is 17.9 Å². The third-order valence-corrected chi connectivity index (χ3v) is 4.77. The van der Waals surface area contributed by atoms with Crippen molar-refractivity contribution in [1.29, 1.82) is 0 Å². The average molecular weight is 342 g/mol. The van der Waals surface area contributed by atoms with Gasteiger partial charge in [0, 0.05) is 0 Å². The number of fused-ring (bicyclic) bond motifs is 3. The summed E-state index contributed by atoms with van der Waals surface area (Å²) < 4.78 is 11.0. The quantitative estimate of drug-likeness (QED) is 0.551. The van der Waals surface area contributed by atoms with Crippen LogP contribution in [0.2, 0.25) is 0 Å². The van der Waals surface area contributed by atoms with Crippen LogP contribution >= 0.6 is 0 Å². The molecule has 1 heterocycles. The van der Waals surface area contributed by atoms with Gasteiger partial charge in [-0.05, 0) is 56.9 Å². The van der Waals surface area contributed by atoms with Gasteiger partial charge in [0.05, 0.1) is 5.56 Å². The molecule has 0 fully saturated rings. The van der Waals surface area contributed by atoms with Crippen LogP contribution in [0.3, 0.4) is 0 Å². The minimum absolute atomic E-state index is 0.182. The standard InChI is InChI=1S/C22H14O4/c23-22(24)15-8-14-10-20-21(26-12-25-20)11-18(14)19(9-15)17-7-3-5-13-4-1-2-6-16(13)17/h1-11H,12H2,(H,23,24). The van der Waals surface area contributed by atoms with E-state index in [9.17, 15) is 9.90 Å². The Kier molecular flexibility index (Phi) is 3.12. The highest BCUT2D eigenvalue weighted by Gasteiger charge is 2.19. The minimum Gasteiger partial charge on any atom is -0.478 e. The number of aromatic carboxylic acids is 1. The third kappa shape index (κ3) is 2.19. The predicted octanol–water partition coefficient (Wildman–Crippen LogP) is 5.09. The molecule has 0 saturated carbocycles. The maximum Gasteiger partial charge on any atom is 0.335 e. The molecule has 0 saturated heterocycles. The summed E-state index contributed by atoms with van der Waals surface area (Å²) in [7, 11) is 0. The zero-order valence-electron chi connectivity index (χ0n) is 13.7. The zero-order chi connectivity index (χ0) is 17.7. The lowest BCUT2D eigenvalue weighted by Crippen LogP contribution is -1.97. The van der Waals surface area contributed by atoms with Crippen LogP contribution in [0, 0.1) is 0 Å². The van der Waals surface area contributed by atoms with Crippen molar-refractivity contribution < 1.29 is 19.4 Å². The van der Waals surface area contributed by atoms with E-state index >= 15 is 0 Å². The molecule has 1 aliphatic heterocycles. The Morgan fingerprint density at radius 3 is 2.38 bits per heavy atom. The van der Waals surface area contributed by atoms with E-state index in [-0.39, 0.29) is 12.4 Å². The molecule has 4 heteroatoms. The molecule has 0 atom stereocenters. The van der Waals surface area contributed by atoms with Gasteiger partial charge in [0.15, 0.2) is 11.5 Å². The monoisotopic (exact) mass is 342 g/mol. The molecule has 1 aliphatic rings. The molecule has 4 aromatic rings. The van der Waals surface area contributed by atoms with Crippen LogP contribution in [0.15, 0.2) is 66.7 Å². The van der Waals surface area contributed by atoms with E-state index < -0.39 is 5.97 Å². The fourth-order valence-corrected chi connectivity index (χ4v) is 3.56. The van der Waals surface area contributed by atoms with E-state index in [1.54, 1.807) is 12.1 Å². The number of hydrogen-bond acceptors (Lipinski definition) is 3. The summed E-state index contributed by atoms with van der Waals surface area (Å²) in [4.78, 5) is 11.7. The molecule has 0 aromatic heterocycles. The number of carboxylic acids is 1. The fourth-order valence-electron chi connectivity index (χ4n) is 3.56. The van der Waals surface area contributed by atoms with Gasteiger partial charge < -0.3 is 14.6 Å². The van der Waals surface area contributed by atoms with Crippen molar-refractivity contribution in [3.63, 3.8) is 0 Å². The van der Waals surface area contributed by atoms with Gasteiger partial charge in [-0.1, -0.05) is 42.5 Å². The lowest BCUT2D eigenvalue weighted by molar-refractivity contribution is 0.0697. The second-order valence-electron chi connectivity index (χ2n) is 6.28. The second kappa shape index (κ2) is 5.49. The molecule has 0 aliphatic carbocycles. The van der Waals surface area contributed by atoms with E-state index in [1.807, 2.05) is 36.4 Å². The van der Waals surface area contributed by atoms with Gasteiger partial charge >= 0.3 is 5.97 Å². The Hall–Kier alpha value is -3.53. The highest BCUT2D eigenvalue weighted by atomic mass is 16.7. The third-order valence-electron chi connectivity index (χ3n) is 4.77. The minimum atomic E-state index is -0.953. The molecule has 4 aromatic carbocycles. The van der Waals surface area contributed by atoms with Gasteiger partial charge in [0.2, 0.25) is 6.79 Å². The van der Waals surface area contributed by atoms with Gasteiger partial charge in [0.25, 0.3) is 0 Å². The Morgan fingerprint density at radius 2 is 1.54 bits per heavy atom. The fraction of sp³-hybridized carbons (Fsp3) is 0.0455. The first-order chi connectivity index (χ1) is 12.7. The second-order valence-corrected chi connectivity index (χ2v) is 6.28. The van der Waals surface area contributed by atoms with Crippen molar-refractivity contribution in [2.75, 3.05) is 6.79 Å². The molecule has 126 valence electrons. The zero-order valence-corrected chi connectivity index (χ0v) is 13.7. The number of carboxylic acid groups (broad SMARTS) is 1. The van der Waals surface area contributed by atoms with Crippen LogP contribution in [0.5, 0.6) is 11.5 Å². The van der Waals surface area contributed by atoms with Crippen LogP contribution in [0.4, 0.5) is 0 Å². The highest BCUT2D eigenvalue weighted by molar-refractivity contribution is 6.09. The lowest BCUT2D eigenvalue weighted by atomic mass is 9.92. The van der Waals surface area contributed by atoms with Crippen LogP contribution in [0.25, 0.3) is 32.7 Å². The van der Waals surface area contributed by atoms with Crippen LogP contribution in [-0.2, 0) is 0 Å². The molecule has 1 N–H and O–H groups in total. The first kappa shape index (κ1) is 14.8. The maximum absolute atomic E-state index is 11.7. The Labute approximate surface area is 149 Å². The topological polar surface area (TPSA) is 55.8 Å². The van der Waals surface area contributed by atoms with E-state index in [2.05, 4.69) is 18.2 Å². The normalized spacial score (nSPS) is 12.6. The summed E-state index contributed by atoms with van der Waals surface area (Å²) in [5.41, 5.74) is 2.12. The van der Waals surface area contributed by atoms with E-state index in [0.29, 0.717) is 11.5 Å². The molecular weight excluding hydrogens is 328 g/mol. The van der Waals surface area contributed by atoms with Gasteiger partial charge in [-0.2, -0.15) is 0 Å². The van der Waals surface area contributed by atoms with E-state index in [1.165, 1.54) is 0 Å². The summed E-state index contributed by atoms with van der Waals surface area (Å²) in [6, 6.07) is 21.3. The molecule has 0 unspecified atom stereocenters. The Morgan fingerprint density at radius 1 is 0.769 bits per heavy atom. The average Bonchev–Trinajstić information content (AvgIpc) is 3.12. The largest absolute Gasteiger partial charge is 0.478 e. The van der Waals surface area contributed by atoms with Gasteiger partial charge in [-0.25, -0.2) is 4.79 Å². The Bertz CT molecular complexity index is 1190. The van der Waals surface area contributed by atoms with Crippen molar-refractivity contribution >= 4 is 27.5 Å². The lowest BCUT2D eigenvalue weighted by Gasteiger charge is -2.12. The summed E-state index contributed by atoms with van der Waals surface area (Å²) >= 11 is 0. The number of hydrogen-bond donors (Lipinski definition) is 1. The van der Waals surface area contributed by atoms with Crippen molar-refractivity contribution in [3.05, 3.63) is 72.3 Å². The van der Waals surface area contributed by atoms with Crippen LogP contribution < -0.4 is 9.47 Å². The van der Waals surface area contributed by atoms with Gasteiger partial charge in [-0.3, -0.25) is 0 Å². The first-order valence-electron chi connectivity index (χ1n) is 8.29. The maximum atomic E-state index is 11.7. The molecule has 4 nitrogen and oxygen atoms in total. The summed E-state index contributed by atoms with van der Waals surface area (Å²) in [5, 5.41) is 13.5. The SMILES string of the molecule is O=C(O)c1cc(-c2cccc3ccccc23)c2cc3c(cc2c1)OCO3. The van der Waals surface area contributed by atoms with Gasteiger partial charge in [-0.15, -0.1) is 0 Å². The molecule has 0 bridgehead atoms. The number of ether oxygens (including phenoxy) is 2. The smallest absolute Gasteiger partial charge is 0.335 e. The van der Waals surface area contributed by atoms with E-state index in [4.69, 9.17) is 9.47 Å². The molecule has 0 spiro atoms. The number of carbonyl (C=O) groups is 1. The highest BCUT2D eigenvalue weighted by Crippen LogP contribution is 2.41. The summed E-state index contributed by atoms with van der Waals surface area (Å²) in [6.45, 7) is 0.182. The van der Waals surface area contributed by atoms with Crippen molar-refractivity contribution in [3.8, 4) is 22.6 Å². The molecule has 0 radical (unpaired) electrons. The summed E-state index contributed by atoms with van der Waals surface area (Å²) in [6.07, 6.45) is 0. The Balaban J connectivity index is 1.90. The summed E-state index contributed by atoms with van der Waals surface area (Å²) in [5.74, 6) is 0.372. The van der Waals surface area contributed by atoms with Gasteiger partial charge in [0.1, 0.15) is 0 Å². The predicted molar refractivity (Wildman–Crippen MR) is 100.0 cm³/mol.